The van der Waals surface area contributed by atoms with E-state index in [2.05, 4.69) is 31.3 Å². The number of nitrogens with two attached hydrogens (primary N) is 1. The summed E-state index contributed by atoms with van der Waals surface area (Å²) in [7, 11) is 0. The van der Waals surface area contributed by atoms with E-state index in [0.29, 0.717) is 5.82 Å². The second-order valence-electron chi connectivity index (χ2n) is 7.05. The smallest absolute Gasteiger partial charge is 0.154 e. The van der Waals surface area contributed by atoms with E-state index < -0.39 is 0 Å². The quantitative estimate of drug-likeness (QED) is 0.487. The zero-order chi connectivity index (χ0) is 19.9. The van der Waals surface area contributed by atoms with Gasteiger partial charge in [0.1, 0.15) is 5.82 Å². The molecule has 28 heavy (non-hydrogen) atoms. The number of hydrogen-bond acceptors (Lipinski definition) is 4. The van der Waals surface area contributed by atoms with Gasteiger partial charge in [0.25, 0.3) is 0 Å². The molecular formula is C23H27ClN4. The van der Waals surface area contributed by atoms with Crippen molar-refractivity contribution in [3.63, 3.8) is 0 Å². The summed E-state index contributed by atoms with van der Waals surface area (Å²) in [4.78, 5) is 9.51. The van der Waals surface area contributed by atoms with Gasteiger partial charge in [0.2, 0.25) is 0 Å². The van der Waals surface area contributed by atoms with E-state index in [1.54, 1.807) is 0 Å². The van der Waals surface area contributed by atoms with Crippen LogP contribution in [-0.2, 0) is 0 Å². The van der Waals surface area contributed by atoms with Crippen LogP contribution in [0, 0.1) is 13.8 Å². The molecule has 0 bridgehead atoms. The van der Waals surface area contributed by atoms with E-state index in [4.69, 9.17) is 27.3 Å². The van der Waals surface area contributed by atoms with E-state index >= 15 is 0 Å². The number of hydrogen-bond donors (Lipinski definition) is 2. The molecule has 0 aliphatic rings. The second kappa shape index (κ2) is 9.67. The Labute approximate surface area is 171 Å². The van der Waals surface area contributed by atoms with Gasteiger partial charge in [0.05, 0.1) is 5.52 Å². The highest BCUT2D eigenvalue weighted by Gasteiger charge is 2.08. The number of halogens is 1. The van der Waals surface area contributed by atoms with E-state index in [9.17, 15) is 0 Å². The van der Waals surface area contributed by atoms with Crippen LogP contribution in [0.4, 0.5) is 5.82 Å². The van der Waals surface area contributed by atoms with Gasteiger partial charge in [0.15, 0.2) is 5.82 Å². The van der Waals surface area contributed by atoms with Gasteiger partial charge in [0, 0.05) is 17.0 Å². The van der Waals surface area contributed by atoms with Crippen molar-refractivity contribution in [2.75, 3.05) is 18.4 Å². The highest BCUT2D eigenvalue weighted by atomic mass is 35.5. The zero-order valence-corrected chi connectivity index (χ0v) is 17.3. The van der Waals surface area contributed by atoms with Crippen molar-refractivity contribution in [1.29, 1.82) is 0 Å². The van der Waals surface area contributed by atoms with Crippen LogP contribution in [0.15, 0.2) is 36.4 Å². The summed E-state index contributed by atoms with van der Waals surface area (Å²) in [5, 5.41) is 5.28. The molecule has 0 amide bonds. The van der Waals surface area contributed by atoms with Crippen LogP contribution in [0.3, 0.4) is 0 Å². The molecule has 0 unspecified atom stereocenters. The lowest BCUT2D eigenvalue weighted by Gasteiger charge is -2.11. The summed E-state index contributed by atoms with van der Waals surface area (Å²) < 4.78 is 0. The molecule has 0 saturated heterocycles. The van der Waals surface area contributed by atoms with Gasteiger partial charge >= 0.3 is 0 Å². The fourth-order valence-corrected chi connectivity index (χ4v) is 3.14. The minimum absolute atomic E-state index is 0.690. The molecule has 5 heteroatoms. The molecule has 3 rings (SSSR count). The molecule has 3 N–H and O–H groups in total. The standard InChI is InChI=1S/C23H27ClN4/c1-16-14-20-21(15-17(16)2)27-22(11-8-18-6-9-19(24)10-7-18)28-23(20)26-13-5-3-4-12-25/h6-11,14-15H,3-5,12-13,25H2,1-2H3,(H,26,27,28). The molecular weight excluding hydrogens is 368 g/mol. The Hall–Kier alpha value is -2.43. The number of unbranched alkanes of at least 4 members (excludes halogenated alkanes) is 2. The molecule has 0 fully saturated rings. The molecule has 1 aromatic heterocycles. The first-order chi connectivity index (χ1) is 13.6. The summed E-state index contributed by atoms with van der Waals surface area (Å²) in [6.45, 7) is 5.85. The molecule has 146 valence electrons. The fraction of sp³-hybridized carbons (Fsp3) is 0.304. The highest BCUT2D eigenvalue weighted by Crippen LogP contribution is 2.25. The number of aromatic nitrogens is 2. The summed E-state index contributed by atoms with van der Waals surface area (Å²) in [5.74, 6) is 1.58. The number of benzene rings is 2. The van der Waals surface area contributed by atoms with Crippen LogP contribution < -0.4 is 11.1 Å². The summed E-state index contributed by atoms with van der Waals surface area (Å²) in [6, 6.07) is 12.0. The van der Waals surface area contributed by atoms with Crippen molar-refractivity contribution in [2.45, 2.75) is 33.1 Å². The van der Waals surface area contributed by atoms with E-state index in [1.807, 2.05) is 36.4 Å². The van der Waals surface area contributed by atoms with Gasteiger partial charge in [-0.05, 0) is 80.3 Å². The van der Waals surface area contributed by atoms with Gasteiger partial charge < -0.3 is 11.1 Å². The van der Waals surface area contributed by atoms with Crippen molar-refractivity contribution in [2.24, 2.45) is 5.73 Å². The Balaban J connectivity index is 1.89. The Kier molecular flexibility index (Phi) is 7.01. The van der Waals surface area contributed by atoms with E-state index in [0.717, 1.165) is 59.7 Å². The maximum Gasteiger partial charge on any atom is 0.154 e. The third-order valence-corrected chi connectivity index (χ3v) is 5.05. The predicted molar refractivity (Wildman–Crippen MR) is 121 cm³/mol. The van der Waals surface area contributed by atoms with Gasteiger partial charge in [-0.3, -0.25) is 0 Å². The number of nitrogens with one attached hydrogen (secondary N) is 1. The molecule has 2 aromatic carbocycles. The monoisotopic (exact) mass is 394 g/mol. The number of anilines is 1. The SMILES string of the molecule is Cc1cc2nc(C=Cc3ccc(Cl)cc3)nc(NCCCCCN)c2cc1C. The molecule has 0 aliphatic heterocycles. The molecule has 0 spiro atoms. The third-order valence-electron chi connectivity index (χ3n) is 4.80. The molecule has 0 saturated carbocycles. The summed E-state index contributed by atoms with van der Waals surface area (Å²) in [6.07, 6.45) is 7.19. The highest BCUT2D eigenvalue weighted by molar-refractivity contribution is 6.30. The van der Waals surface area contributed by atoms with Crippen LogP contribution in [0.2, 0.25) is 5.02 Å². The summed E-state index contributed by atoms with van der Waals surface area (Å²) >= 11 is 5.96. The average Bonchev–Trinajstić information content (AvgIpc) is 2.68. The fourth-order valence-electron chi connectivity index (χ4n) is 3.01. The Morgan fingerprint density at radius 1 is 0.964 bits per heavy atom. The number of rotatable bonds is 8. The molecule has 0 radical (unpaired) electrons. The molecule has 0 aliphatic carbocycles. The van der Waals surface area contributed by atoms with Crippen molar-refractivity contribution >= 4 is 40.5 Å². The first kappa shape index (κ1) is 20.3. The van der Waals surface area contributed by atoms with Crippen LogP contribution in [0.5, 0.6) is 0 Å². The third kappa shape index (κ3) is 5.31. The molecule has 0 atom stereocenters. The van der Waals surface area contributed by atoms with Crippen molar-refractivity contribution in [1.82, 2.24) is 9.97 Å². The normalized spacial score (nSPS) is 11.4. The first-order valence-electron chi connectivity index (χ1n) is 9.73. The second-order valence-corrected chi connectivity index (χ2v) is 7.48. The Bertz CT molecular complexity index is 964. The molecule has 3 aromatic rings. The van der Waals surface area contributed by atoms with Crippen LogP contribution in [0.1, 0.15) is 41.8 Å². The maximum absolute atomic E-state index is 5.96. The lowest BCUT2D eigenvalue weighted by atomic mass is 10.1. The maximum atomic E-state index is 5.96. The van der Waals surface area contributed by atoms with Crippen molar-refractivity contribution < 1.29 is 0 Å². The van der Waals surface area contributed by atoms with Gasteiger partial charge in [-0.1, -0.05) is 36.2 Å². The van der Waals surface area contributed by atoms with Crippen molar-refractivity contribution in [3.8, 4) is 0 Å². The van der Waals surface area contributed by atoms with Crippen LogP contribution >= 0.6 is 11.6 Å². The minimum atomic E-state index is 0.690. The number of nitrogens with zero attached hydrogens (tertiary/aromatic N) is 2. The van der Waals surface area contributed by atoms with Crippen LogP contribution in [0.25, 0.3) is 23.1 Å². The number of aryl methyl sites for hydroxylation is 2. The van der Waals surface area contributed by atoms with E-state index in [1.165, 1.54) is 11.1 Å². The van der Waals surface area contributed by atoms with E-state index in [-0.39, 0.29) is 0 Å². The average molecular weight is 395 g/mol. The summed E-state index contributed by atoms with van der Waals surface area (Å²) in [5.41, 5.74) is 10.1. The topological polar surface area (TPSA) is 63.8 Å². The Morgan fingerprint density at radius 2 is 1.71 bits per heavy atom. The van der Waals surface area contributed by atoms with Crippen molar-refractivity contribution in [3.05, 3.63) is 63.9 Å². The first-order valence-corrected chi connectivity index (χ1v) is 10.1. The lowest BCUT2D eigenvalue weighted by molar-refractivity contribution is 0.706. The largest absolute Gasteiger partial charge is 0.369 e. The van der Waals surface area contributed by atoms with Gasteiger partial charge in [-0.2, -0.15) is 0 Å². The molecule has 4 nitrogen and oxygen atoms in total. The Morgan fingerprint density at radius 3 is 2.46 bits per heavy atom. The van der Waals surface area contributed by atoms with Crippen LogP contribution in [-0.4, -0.2) is 23.1 Å². The molecule has 1 heterocycles. The van der Waals surface area contributed by atoms with Gasteiger partial charge in [-0.25, -0.2) is 9.97 Å². The lowest BCUT2D eigenvalue weighted by Crippen LogP contribution is -2.07. The predicted octanol–water partition coefficient (Wildman–Crippen LogP) is 5.61. The number of fused-ring (bicyclic) bond motifs is 1. The minimum Gasteiger partial charge on any atom is -0.369 e. The van der Waals surface area contributed by atoms with Gasteiger partial charge in [-0.15, -0.1) is 0 Å². The zero-order valence-electron chi connectivity index (χ0n) is 16.5.